The van der Waals surface area contributed by atoms with Gasteiger partial charge in [0.2, 0.25) is 0 Å². The maximum absolute atomic E-state index is 12.1. The number of aryl methyl sites for hydroxylation is 2. The molecule has 116 valence electrons. The third-order valence-electron chi connectivity index (χ3n) is 3.28. The van der Waals surface area contributed by atoms with Crippen LogP contribution in [0.4, 0.5) is 5.69 Å². The van der Waals surface area contributed by atoms with Crippen LogP contribution in [0.1, 0.15) is 15.9 Å². The van der Waals surface area contributed by atoms with Crippen molar-refractivity contribution in [2.45, 2.75) is 6.92 Å². The molecule has 1 amide bonds. The Hall–Kier alpha value is -3.15. The number of rotatable bonds is 4. The van der Waals surface area contributed by atoms with Crippen LogP contribution >= 0.6 is 0 Å². The Bertz CT molecular complexity index is 828. The summed E-state index contributed by atoms with van der Waals surface area (Å²) >= 11 is 0. The van der Waals surface area contributed by atoms with Gasteiger partial charge in [-0.1, -0.05) is 0 Å². The number of amides is 1. The molecule has 1 aromatic carbocycles. The molecule has 0 aliphatic rings. The van der Waals surface area contributed by atoms with Gasteiger partial charge in [-0.15, -0.1) is 0 Å². The summed E-state index contributed by atoms with van der Waals surface area (Å²) in [6.07, 6.45) is 6.55. The second kappa shape index (κ2) is 6.31. The molecular formula is C17H16N4O2. The van der Waals surface area contributed by atoms with Gasteiger partial charge in [0.1, 0.15) is 11.5 Å². The normalized spacial score (nSPS) is 10.3. The van der Waals surface area contributed by atoms with E-state index in [0.717, 1.165) is 17.1 Å². The Kier molecular flexibility index (Phi) is 4.05. The van der Waals surface area contributed by atoms with Crippen molar-refractivity contribution in [2.24, 2.45) is 7.05 Å². The summed E-state index contributed by atoms with van der Waals surface area (Å²) in [4.78, 5) is 16.1. The first-order chi connectivity index (χ1) is 11.1. The first kappa shape index (κ1) is 14.8. The van der Waals surface area contributed by atoms with Crippen LogP contribution in [0.25, 0.3) is 0 Å². The molecule has 2 heterocycles. The molecular weight excluding hydrogens is 292 g/mol. The average molecular weight is 308 g/mol. The fraction of sp³-hybridized carbons (Fsp3) is 0.118. The van der Waals surface area contributed by atoms with Gasteiger partial charge in [0.05, 0.1) is 11.8 Å². The largest absolute Gasteiger partial charge is 0.457 e. The summed E-state index contributed by atoms with van der Waals surface area (Å²) in [5.74, 6) is 1.26. The van der Waals surface area contributed by atoms with Crippen molar-refractivity contribution in [3.63, 3.8) is 0 Å². The van der Waals surface area contributed by atoms with Gasteiger partial charge in [-0.3, -0.25) is 14.5 Å². The molecule has 6 nitrogen and oxygen atoms in total. The summed E-state index contributed by atoms with van der Waals surface area (Å²) in [6, 6.07) is 9.08. The molecule has 0 atom stereocenters. The zero-order valence-electron chi connectivity index (χ0n) is 12.9. The molecule has 0 spiro atoms. The highest BCUT2D eigenvalue weighted by molar-refractivity contribution is 6.04. The first-order valence-corrected chi connectivity index (χ1v) is 7.10. The Labute approximate surface area is 133 Å². The van der Waals surface area contributed by atoms with Crippen molar-refractivity contribution < 1.29 is 9.53 Å². The molecule has 3 rings (SSSR count). The predicted octanol–water partition coefficient (Wildman–Crippen LogP) is 3.17. The van der Waals surface area contributed by atoms with Crippen LogP contribution < -0.4 is 10.1 Å². The number of ether oxygens (including phenoxy) is 1. The molecule has 0 unspecified atom stereocenters. The van der Waals surface area contributed by atoms with E-state index in [9.17, 15) is 4.79 Å². The number of nitrogens with zero attached hydrogens (tertiary/aromatic N) is 3. The molecule has 3 aromatic rings. The molecule has 2 aromatic heterocycles. The number of pyridine rings is 1. The van der Waals surface area contributed by atoms with Gasteiger partial charge >= 0.3 is 0 Å². The van der Waals surface area contributed by atoms with Gasteiger partial charge in [0.25, 0.3) is 5.91 Å². The van der Waals surface area contributed by atoms with Crippen molar-refractivity contribution >= 4 is 11.6 Å². The summed E-state index contributed by atoms with van der Waals surface area (Å²) in [5.41, 5.74) is 2.14. The van der Waals surface area contributed by atoms with Crippen LogP contribution in [0, 0.1) is 6.92 Å². The van der Waals surface area contributed by atoms with E-state index in [1.807, 2.05) is 19.1 Å². The number of carbonyl (C=O) groups is 1. The van der Waals surface area contributed by atoms with Crippen molar-refractivity contribution in [3.8, 4) is 11.5 Å². The number of carbonyl (C=O) groups excluding carboxylic acids is 1. The first-order valence-electron chi connectivity index (χ1n) is 7.10. The quantitative estimate of drug-likeness (QED) is 0.803. The predicted molar refractivity (Wildman–Crippen MR) is 86.7 cm³/mol. The Morgan fingerprint density at radius 3 is 2.65 bits per heavy atom. The van der Waals surface area contributed by atoms with Crippen LogP contribution in [0.3, 0.4) is 0 Å². The third-order valence-corrected chi connectivity index (χ3v) is 3.28. The van der Waals surface area contributed by atoms with E-state index in [2.05, 4.69) is 15.4 Å². The van der Waals surface area contributed by atoms with Crippen LogP contribution in [0.15, 0.2) is 55.1 Å². The minimum absolute atomic E-state index is 0.194. The van der Waals surface area contributed by atoms with Crippen LogP contribution in [-0.4, -0.2) is 20.7 Å². The van der Waals surface area contributed by atoms with Gasteiger partial charge < -0.3 is 10.1 Å². The molecule has 23 heavy (non-hydrogen) atoms. The van der Waals surface area contributed by atoms with E-state index < -0.39 is 0 Å². The lowest BCUT2D eigenvalue weighted by Gasteiger charge is -2.10. The standard InChI is InChI=1S/C17H16N4O2/c1-12-9-14(20-17(22)13-10-19-21(2)11-13)3-4-16(12)23-15-5-7-18-8-6-15/h3-11H,1-2H3,(H,20,22). The maximum atomic E-state index is 12.1. The molecule has 0 aliphatic carbocycles. The molecule has 0 fully saturated rings. The fourth-order valence-electron chi connectivity index (χ4n) is 2.12. The zero-order chi connectivity index (χ0) is 16.2. The number of nitrogens with one attached hydrogen (secondary N) is 1. The van der Waals surface area contributed by atoms with E-state index in [0.29, 0.717) is 11.3 Å². The van der Waals surface area contributed by atoms with Gasteiger partial charge in [-0.05, 0) is 42.8 Å². The number of anilines is 1. The van der Waals surface area contributed by atoms with Crippen molar-refractivity contribution in [1.82, 2.24) is 14.8 Å². The average Bonchev–Trinajstić information content (AvgIpc) is 2.98. The van der Waals surface area contributed by atoms with Crippen LogP contribution in [-0.2, 0) is 7.05 Å². The highest BCUT2D eigenvalue weighted by Crippen LogP contribution is 2.27. The highest BCUT2D eigenvalue weighted by atomic mass is 16.5. The molecule has 0 saturated carbocycles. The zero-order valence-corrected chi connectivity index (χ0v) is 12.9. The monoisotopic (exact) mass is 308 g/mol. The van der Waals surface area contributed by atoms with Crippen molar-refractivity contribution in [1.29, 1.82) is 0 Å². The lowest BCUT2D eigenvalue weighted by atomic mass is 10.2. The SMILES string of the molecule is Cc1cc(NC(=O)c2cnn(C)c2)ccc1Oc1ccncc1. The highest BCUT2D eigenvalue weighted by Gasteiger charge is 2.09. The smallest absolute Gasteiger partial charge is 0.258 e. The lowest BCUT2D eigenvalue weighted by Crippen LogP contribution is -2.11. The Morgan fingerprint density at radius 2 is 2.00 bits per heavy atom. The van der Waals surface area contributed by atoms with Crippen LogP contribution in [0.2, 0.25) is 0 Å². The van der Waals surface area contributed by atoms with Gasteiger partial charge in [-0.25, -0.2) is 0 Å². The minimum Gasteiger partial charge on any atom is -0.457 e. The molecule has 0 radical (unpaired) electrons. The third kappa shape index (κ3) is 3.55. The molecule has 0 aliphatic heterocycles. The van der Waals surface area contributed by atoms with Gasteiger partial charge in [-0.2, -0.15) is 5.10 Å². The van der Waals surface area contributed by atoms with Gasteiger partial charge in [0.15, 0.2) is 0 Å². The van der Waals surface area contributed by atoms with Crippen molar-refractivity contribution in [3.05, 3.63) is 66.2 Å². The van der Waals surface area contributed by atoms with Crippen molar-refractivity contribution in [2.75, 3.05) is 5.32 Å². The molecule has 1 N–H and O–H groups in total. The molecule has 0 bridgehead atoms. The number of aromatic nitrogens is 3. The summed E-state index contributed by atoms with van der Waals surface area (Å²) in [5, 5.41) is 6.83. The van der Waals surface area contributed by atoms with E-state index >= 15 is 0 Å². The maximum Gasteiger partial charge on any atom is 0.258 e. The van der Waals surface area contributed by atoms with Gasteiger partial charge in [0, 0.05) is 31.3 Å². The van der Waals surface area contributed by atoms with E-state index in [4.69, 9.17) is 4.74 Å². The Balaban J connectivity index is 1.73. The number of hydrogen-bond acceptors (Lipinski definition) is 4. The molecule has 6 heteroatoms. The summed E-state index contributed by atoms with van der Waals surface area (Å²) in [6.45, 7) is 1.93. The molecule has 0 saturated heterocycles. The van der Waals surface area contributed by atoms with Crippen LogP contribution in [0.5, 0.6) is 11.5 Å². The second-order valence-electron chi connectivity index (χ2n) is 5.12. The number of hydrogen-bond donors (Lipinski definition) is 1. The van der Waals surface area contributed by atoms with E-state index in [1.54, 1.807) is 48.5 Å². The minimum atomic E-state index is -0.194. The summed E-state index contributed by atoms with van der Waals surface area (Å²) in [7, 11) is 1.77. The van der Waals surface area contributed by atoms with E-state index in [1.165, 1.54) is 6.20 Å². The van der Waals surface area contributed by atoms with E-state index in [-0.39, 0.29) is 5.91 Å². The lowest BCUT2D eigenvalue weighted by molar-refractivity contribution is 0.102. The topological polar surface area (TPSA) is 69.0 Å². The number of benzene rings is 1. The Morgan fingerprint density at radius 1 is 1.22 bits per heavy atom. The second-order valence-corrected chi connectivity index (χ2v) is 5.12. The fourth-order valence-corrected chi connectivity index (χ4v) is 2.12. The summed E-state index contributed by atoms with van der Waals surface area (Å²) < 4.78 is 7.38.